The van der Waals surface area contributed by atoms with Gasteiger partial charge in [0, 0.05) is 18.7 Å². The third-order valence-corrected chi connectivity index (χ3v) is 3.64. The van der Waals surface area contributed by atoms with Crippen molar-refractivity contribution in [2.24, 2.45) is 16.5 Å². The molecule has 8 nitrogen and oxygen atoms in total. The predicted octanol–water partition coefficient (Wildman–Crippen LogP) is 0.886. The molecule has 2 heterocycles. The number of hydrogen-bond acceptors (Lipinski definition) is 8. The Morgan fingerprint density at radius 2 is 2.22 bits per heavy atom. The standard InChI is InChI=1S/C15H12N6O2/c1-7(22)13-9(5-16)12(10(6-17)15(18)19-13)8-3-2-4-11-14(8)21-23-20-11/h2-4,6,12H,17H2,1H3,(H2,18,19)/b10-6-. The van der Waals surface area contributed by atoms with E-state index in [9.17, 15) is 10.1 Å². The van der Waals surface area contributed by atoms with Gasteiger partial charge in [-0.1, -0.05) is 12.1 Å². The van der Waals surface area contributed by atoms with Crippen LogP contribution in [-0.2, 0) is 4.79 Å². The molecule has 114 valence electrons. The Labute approximate surface area is 130 Å². The molecular formula is C15H12N6O2. The first kappa shape index (κ1) is 14.5. The third-order valence-electron chi connectivity index (χ3n) is 3.64. The molecule has 23 heavy (non-hydrogen) atoms. The molecule has 1 aromatic carbocycles. The van der Waals surface area contributed by atoms with E-state index in [1.54, 1.807) is 18.2 Å². The van der Waals surface area contributed by atoms with Gasteiger partial charge in [0.2, 0.25) is 0 Å². The highest BCUT2D eigenvalue weighted by atomic mass is 16.6. The van der Waals surface area contributed by atoms with Gasteiger partial charge >= 0.3 is 0 Å². The van der Waals surface area contributed by atoms with Crippen molar-refractivity contribution in [3.05, 3.63) is 46.8 Å². The smallest absolute Gasteiger partial charge is 0.179 e. The van der Waals surface area contributed by atoms with E-state index >= 15 is 0 Å². The molecule has 0 bridgehead atoms. The number of carbonyl (C=O) groups is 1. The molecular weight excluding hydrogens is 296 g/mol. The lowest BCUT2D eigenvalue weighted by Gasteiger charge is -2.24. The Hall–Kier alpha value is -3.47. The molecule has 2 aromatic rings. The number of allylic oxidation sites excluding steroid dienone is 2. The second kappa shape index (κ2) is 5.38. The maximum Gasteiger partial charge on any atom is 0.179 e. The van der Waals surface area contributed by atoms with E-state index in [-0.39, 0.29) is 22.9 Å². The Morgan fingerprint density at radius 1 is 1.43 bits per heavy atom. The fourth-order valence-corrected chi connectivity index (χ4v) is 2.64. The lowest BCUT2D eigenvalue weighted by Crippen LogP contribution is -2.28. The minimum Gasteiger partial charge on any atom is -0.404 e. The summed E-state index contributed by atoms with van der Waals surface area (Å²) in [6.45, 7) is 1.33. The van der Waals surface area contributed by atoms with Crippen LogP contribution >= 0.6 is 0 Å². The molecule has 1 aliphatic rings. The lowest BCUT2D eigenvalue weighted by atomic mass is 9.81. The zero-order valence-corrected chi connectivity index (χ0v) is 12.1. The first-order valence-electron chi connectivity index (χ1n) is 6.71. The number of nitrogens with two attached hydrogens (primary N) is 2. The van der Waals surface area contributed by atoms with Crippen LogP contribution in [0.1, 0.15) is 18.4 Å². The fourth-order valence-electron chi connectivity index (χ4n) is 2.64. The molecule has 0 spiro atoms. The van der Waals surface area contributed by atoms with E-state index < -0.39 is 5.92 Å². The fraction of sp³-hybridized carbons (Fsp3) is 0.133. The molecule has 0 saturated heterocycles. The minimum absolute atomic E-state index is 0.0223. The van der Waals surface area contributed by atoms with Crippen molar-refractivity contribution in [1.29, 1.82) is 5.26 Å². The van der Waals surface area contributed by atoms with Crippen molar-refractivity contribution < 1.29 is 9.42 Å². The van der Waals surface area contributed by atoms with Crippen molar-refractivity contribution in [1.82, 2.24) is 10.3 Å². The lowest BCUT2D eigenvalue weighted by molar-refractivity contribution is -0.113. The second-order valence-corrected chi connectivity index (χ2v) is 4.96. The van der Waals surface area contributed by atoms with Gasteiger partial charge in [0.1, 0.15) is 22.6 Å². The van der Waals surface area contributed by atoms with Gasteiger partial charge in [0.05, 0.1) is 17.6 Å². The average Bonchev–Trinajstić information content (AvgIpc) is 3.02. The van der Waals surface area contributed by atoms with E-state index in [0.29, 0.717) is 22.2 Å². The van der Waals surface area contributed by atoms with Gasteiger partial charge in [0.15, 0.2) is 5.78 Å². The van der Waals surface area contributed by atoms with Gasteiger partial charge in [-0.3, -0.25) is 4.79 Å². The predicted molar refractivity (Wildman–Crippen MR) is 81.8 cm³/mol. The monoisotopic (exact) mass is 308 g/mol. The number of benzene rings is 1. The first-order chi connectivity index (χ1) is 11.1. The van der Waals surface area contributed by atoms with Crippen LogP contribution in [-0.4, -0.2) is 21.9 Å². The number of amidine groups is 1. The van der Waals surface area contributed by atoms with E-state index in [1.807, 2.05) is 6.07 Å². The molecule has 0 saturated carbocycles. The van der Waals surface area contributed by atoms with Crippen LogP contribution in [0.2, 0.25) is 0 Å². The minimum atomic E-state index is -0.656. The number of carbonyl (C=O) groups excluding carboxylic acids is 1. The van der Waals surface area contributed by atoms with Crippen molar-refractivity contribution >= 4 is 22.7 Å². The summed E-state index contributed by atoms with van der Waals surface area (Å²) in [5.74, 6) is -0.914. The summed E-state index contributed by atoms with van der Waals surface area (Å²) >= 11 is 0. The van der Waals surface area contributed by atoms with E-state index in [2.05, 4.69) is 15.3 Å². The zero-order valence-electron chi connectivity index (χ0n) is 12.1. The topological polar surface area (TPSA) is 144 Å². The zero-order chi connectivity index (χ0) is 16.6. The number of hydrogen-bond donors (Lipinski definition) is 2. The summed E-state index contributed by atoms with van der Waals surface area (Å²) < 4.78 is 4.76. The number of ketones is 1. The Balaban J connectivity index is 2.35. The summed E-state index contributed by atoms with van der Waals surface area (Å²) in [6, 6.07) is 7.28. The molecule has 0 radical (unpaired) electrons. The van der Waals surface area contributed by atoms with Crippen LogP contribution in [0.4, 0.5) is 0 Å². The van der Waals surface area contributed by atoms with E-state index in [0.717, 1.165) is 0 Å². The van der Waals surface area contributed by atoms with Crippen molar-refractivity contribution in [3.63, 3.8) is 0 Å². The number of aliphatic imine (C=N–C) groups is 1. The largest absolute Gasteiger partial charge is 0.404 e. The number of nitriles is 1. The summed E-state index contributed by atoms with van der Waals surface area (Å²) in [5.41, 5.74) is 13.9. The SMILES string of the molecule is CC(=O)C1=C(C#N)C(c2cccc3nonc23)/C(=C/N)C(N)=N1. The number of nitrogens with zero attached hydrogens (tertiary/aromatic N) is 4. The molecule has 0 fully saturated rings. The molecule has 1 aromatic heterocycles. The molecule has 1 atom stereocenters. The van der Waals surface area contributed by atoms with Crippen LogP contribution in [0, 0.1) is 11.3 Å². The van der Waals surface area contributed by atoms with Crippen molar-refractivity contribution in [2.45, 2.75) is 12.8 Å². The van der Waals surface area contributed by atoms with E-state index in [1.165, 1.54) is 13.1 Å². The Bertz CT molecular complexity index is 944. The molecule has 0 aliphatic carbocycles. The summed E-state index contributed by atoms with van der Waals surface area (Å²) in [4.78, 5) is 15.9. The highest BCUT2D eigenvalue weighted by molar-refractivity contribution is 6.07. The molecule has 1 aliphatic heterocycles. The van der Waals surface area contributed by atoms with Gasteiger partial charge in [-0.15, -0.1) is 0 Å². The Kier molecular flexibility index (Phi) is 3.38. The number of rotatable bonds is 2. The van der Waals surface area contributed by atoms with Gasteiger partial charge in [-0.2, -0.15) is 5.26 Å². The van der Waals surface area contributed by atoms with Crippen LogP contribution in [0.25, 0.3) is 11.0 Å². The van der Waals surface area contributed by atoms with Gasteiger partial charge in [-0.25, -0.2) is 9.62 Å². The third kappa shape index (κ3) is 2.15. The highest BCUT2D eigenvalue weighted by Gasteiger charge is 2.33. The number of Topliss-reactive ketones (excluding diaryl/α,β-unsaturated/α-hetero) is 1. The van der Waals surface area contributed by atoms with Crippen LogP contribution in [0.3, 0.4) is 0 Å². The quantitative estimate of drug-likeness (QED) is 0.837. The highest BCUT2D eigenvalue weighted by Crippen LogP contribution is 2.39. The van der Waals surface area contributed by atoms with Gasteiger partial charge in [0.25, 0.3) is 0 Å². The first-order valence-corrected chi connectivity index (χ1v) is 6.71. The molecule has 3 rings (SSSR count). The molecule has 8 heteroatoms. The Morgan fingerprint density at radius 3 is 2.87 bits per heavy atom. The number of aromatic nitrogens is 2. The van der Waals surface area contributed by atoms with Crippen LogP contribution in [0.15, 0.2) is 50.9 Å². The summed E-state index contributed by atoms with van der Waals surface area (Å²) in [7, 11) is 0. The molecule has 0 amide bonds. The number of fused-ring (bicyclic) bond motifs is 1. The maximum atomic E-state index is 11.8. The van der Waals surface area contributed by atoms with Gasteiger partial charge < -0.3 is 11.5 Å². The normalized spacial score (nSPS) is 19.7. The van der Waals surface area contributed by atoms with Gasteiger partial charge in [-0.05, 0) is 21.9 Å². The van der Waals surface area contributed by atoms with Crippen LogP contribution in [0.5, 0.6) is 0 Å². The van der Waals surface area contributed by atoms with E-state index in [4.69, 9.17) is 16.1 Å². The van der Waals surface area contributed by atoms with Crippen molar-refractivity contribution in [3.8, 4) is 6.07 Å². The van der Waals surface area contributed by atoms with Crippen molar-refractivity contribution in [2.75, 3.05) is 0 Å². The summed E-state index contributed by atoms with van der Waals surface area (Å²) in [5, 5.41) is 17.2. The molecule has 1 unspecified atom stereocenters. The van der Waals surface area contributed by atoms with Crippen LogP contribution < -0.4 is 11.5 Å². The molecule has 4 N–H and O–H groups in total. The summed E-state index contributed by atoms with van der Waals surface area (Å²) in [6.07, 6.45) is 1.28. The second-order valence-electron chi connectivity index (χ2n) is 4.96. The average molecular weight is 308 g/mol. The maximum absolute atomic E-state index is 11.8.